The Kier molecular flexibility index (Phi) is 4.89. The second kappa shape index (κ2) is 7.25. The quantitative estimate of drug-likeness (QED) is 0.858. The molecule has 1 atom stereocenters. The minimum atomic E-state index is -0.638. The van der Waals surface area contributed by atoms with E-state index < -0.39 is 6.10 Å². The SMILES string of the molecule is Cc1ccc(C)c(OCCNC(=O)[C@H]2COc3ccccc3O2)c1. The molecule has 0 bridgehead atoms. The van der Waals surface area contributed by atoms with Crippen LogP contribution in [0.2, 0.25) is 0 Å². The Morgan fingerprint density at radius 2 is 2.00 bits per heavy atom. The van der Waals surface area contributed by atoms with Crippen LogP contribution in [0.3, 0.4) is 0 Å². The molecule has 126 valence electrons. The minimum Gasteiger partial charge on any atom is -0.491 e. The molecule has 0 aromatic heterocycles. The topological polar surface area (TPSA) is 56.8 Å². The van der Waals surface area contributed by atoms with Gasteiger partial charge in [0.1, 0.15) is 19.0 Å². The normalized spacial score (nSPS) is 15.7. The van der Waals surface area contributed by atoms with Gasteiger partial charge in [-0.05, 0) is 43.2 Å². The largest absolute Gasteiger partial charge is 0.491 e. The molecule has 5 heteroatoms. The van der Waals surface area contributed by atoms with Crippen molar-refractivity contribution in [1.29, 1.82) is 0 Å². The van der Waals surface area contributed by atoms with Crippen LogP contribution in [0.15, 0.2) is 42.5 Å². The van der Waals surface area contributed by atoms with Gasteiger partial charge in [-0.3, -0.25) is 4.79 Å². The van der Waals surface area contributed by atoms with Crippen molar-refractivity contribution in [3.63, 3.8) is 0 Å². The van der Waals surface area contributed by atoms with Crippen LogP contribution in [0.5, 0.6) is 17.2 Å². The Morgan fingerprint density at radius 1 is 1.21 bits per heavy atom. The van der Waals surface area contributed by atoms with Gasteiger partial charge >= 0.3 is 0 Å². The molecule has 2 aromatic carbocycles. The van der Waals surface area contributed by atoms with Crippen LogP contribution in [0.1, 0.15) is 11.1 Å². The van der Waals surface area contributed by atoms with Gasteiger partial charge in [-0.2, -0.15) is 0 Å². The fourth-order valence-corrected chi connectivity index (χ4v) is 2.46. The highest BCUT2D eigenvalue weighted by Crippen LogP contribution is 2.30. The van der Waals surface area contributed by atoms with Crippen LogP contribution in [0.4, 0.5) is 0 Å². The molecule has 1 aliphatic heterocycles. The third-order valence-corrected chi connectivity index (χ3v) is 3.80. The fraction of sp³-hybridized carbons (Fsp3) is 0.316. The molecule has 5 nitrogen and oxygen atoms in total. The highest BCUT2D eigenvalue weighted by Gasteiger charge is 2.26. The van der Waals surface area contributed by atoms with Gasteiger partial charge in [0.05, 0.1) is 6.54 Å². The number of ether oxygens (including phenoxy) is 3. The van der Waals surface area contributed by atoms with Crippen molar-refractivity contribution in [2.75, 3.05) is 19.8 Å². The van der Waals surface area contributed by atoms with Crippen LogP contribution < -0.4 is 19.5 Å². The summed E-state index contributed by atoms with van der Waals surface area (Å²) in [5.41, 5.74) is 2.22. The third kappa shape index (κ3) is 3.79. The van der Waals surface area contributed by atoms with E-state index in [0.717, 1.165) is 16.9 Å². The van der Waals surface area contributed by atoms with E-state index in [-0.39, 0.29) is 12.5 Å². The van der Waals surface area contributed by atoms with E-state index in [1.807, 2.05) is 50.2 Å². The first kappa shape index (κ1) is 16.2. The molecule has 24 heavy (non-hydrogen) atoms. The van der Waals surface area contributed by atoms with Gasteiger partial charge in [-0.1, -0.05) is 24.3 Å². The fourth-order valence-electron chi connectivity index (χ4n) is 2.46. The maximum atomic E-state index is 12.2. The van der Waals surface area contributed by atoms with E-state index in [1.165, 1.54) is 0 Å². The summed E-state index contributed by atoms with van der Waals surface area (Å²) in [6.45, 7) is 5.04. The number of para-hydroxylation sites is 2. The molecule has 0 saturated heterocycles. The molecule has 0 unspecified atom stereocenters. The summed E-state index contributed by atoms with van der Waals surface area (Å²) in [4.78, 5) is 12.2. The highest BCUT2D eigenvalue weighted by molar-refractivity contribution is 5.81. The first-order valence-corrected chi connectivity index (χ1v) is 8.00. The third-order valence-electron chi connectivity index (χ3n) is 3.80. The molecule has 0 saturated carbocycles. The summed E-state index contributed by atoms with van der Waals surface area (Å²) < 4.78 is 16.9. The lowest BCUT2D eigenvalue weighted by molar-refractivity contribution is -0.130. The van der Waals surface area contributed by atoms with Gasteiger partial charge in [0.15, 0.2) is 11.5 Å². The summed E-state index contributed by atoms with van der Waals surface area (Å²) >= 11 is 0. The number of hydrogen-bond acceptors (Lipinski definition) is 4. The molecular formula is C19H21NO4. The van der Waals surface area contributed by atoms with Gasteiger partial charge in [0, 0.05) is 0 Å². The van der Waals surface area contributed by atoms with E-state index in [1.54, 1.807) is 6.07 Å². The van der Waals surface area contributed by atoms with Crippen LogP contribution in [-0.4, -0.2) is 31.8 Å². The van der Waals surface area contributed by atoms with Gasteiger partial charge in [0.25, 0.3) is 5.91 Å². The number of nitrogens with one attached hydrogen (secondary N) is 1. The van der Waals surface area contributed by atoms with Crippen LogP contribution in [-0.2, 0) is 4.79 Å². The second-order valence-electron chi connectivity index (χ2n) is 5.77. The number of fused-ring (bicyclic) bond motifs is 1. The molecule has 1 heterocycles. The van der Waals surface area contributed by atoms with Gasteiger partial charge in [-0.25, -0.2) is 0 Å². The Balaban J connectivity index is 1.46. The molecule has 1 N–H and O–H groups in total. The first-order chi connectivity index (χ1) is 11.6. The highest BCUT2D eigenvalue weighted by atomic mass is 16.6. The van der Waals surface area contributed by atoms with Crippen molar-refractivity contribution in [3.8, 4) is 17.2 Å². The van der Waals surface area contributed by atoms with Gasteiger partial charge in [-0.15, -0.1) is 0 Å². The van der Waals surface area contributed by atoms with Crippen molar-refractivity contribution < 1.29 is 19.0 Å². The second-order valence-corrected chi connectivity index (χ2v) is 5.77. The van der Waals surface area contributed by atoms with Crippen molar-refractivity contribution in [3.05, 3.63) is 53.6 Å². The number of carbonyl (C=O) groups excluding carboxylic acids is 1. The van der Waals surface area contributed by atoms with Crippen molar-refractivity contribution >= 4 is 5.91 Å². The van der Waals surface area contributed by atoms with Crippen molar-refractivity contribution in [2.24, 2.45) is 0 Å². The van der Waals surface area contributed by atoms with Crippen molar-refractivity contribution in [1.82, 2.24) is 5.32 Å². The molecule has 3 rings (SSSR count). The van der Waals surface area contributed by atoms with E-state index >= 15 is 0 Å². The lowest BCUT2D eigenvalue weighted by Gasteiger charge is -2.25. The zero-order valence-corrected chi connectivity index (χ0v) is 13.9. The zero-order chi connectivity index (χ0) is 16.9. The summed E-state index contributed by atoms with van der Waals surface area (Å²) in [6, 6.07) is 13.4. The molecular weight excluding hydrogens is 306 g/mol. The van der Waals surface area contributed by atoms with E-state index in [2.05, 4.69) is 5.32 Å². The average molecular weight is 327 g/mol. The zero-order valence-electron chi connectivity index (χ0n) is 13.9. The summed E-state index contributed by atoms with van der Waals surface area (Å²) in [5.74, 6) is 1.90. The van der Waals surface area contributed by atoms with E-state index in [4.69, 9.17) is 14.2 Å². The Hall–Kier alpha value is -2.69. The van der Waals surface area contributed by atoms with Crippen molar-refractivity contribution in [2.45, 2.75) is 20.0 Å². The Bertz CT molecular complexity index is 729. The summed E-state index contributed by atoms with van der Waals surface area (Å²) in [7, 11) is 0. The molecule has 1 aliphatic rings. The van der Waals surface area contributed by atoms with E-state index in [9.17, 15) is 4.79 Å². The van der Waals surface area contributed by atoms with Crippen LogP contribution >= 0.6 is 0 Å². The number of rotatable bonds is 5. The van der Waals surface area contributed by atoms with Gasteiger partial charge < -0.3 is 19.5 Å². The summed E-state index contributed by atoms with van der Waals surface area (Å²) in [6.07, 6.45) is -0.638. The smallest absolute Gasteiger partial charge is 0.264 e. The van der Waals surface area contributed by atoms with E-state index in [0.29, 0.717) is 24.7 Å². The standard InChI is InChI=1S/C19H21NO4/c1-13-7-8-14(2)17(11-13)22-10-9-20-19(21)18-12-23-15-5-3-4-6-16(15)24-18/h3-8,11,18H,9-10,12H2,1-2H3,(H,20,21)/t18-/m1/s1. The van der Waals surface area contributed by atoms with Crippen LogP contribution in [0, 0.1) is 13.8 Å². The lowest BCUT2D eigenvalue weighted by atomic mass is 10.1. The Morgan fingerprint density at radius 3 is 2.83 bits per heavy atom. The number of benzene rings is 2. The maximum Gasteiger partial charge on any atom is 0.264 e. The van der Waals surface area contributed by atoms with Crippen LogP contribution in [0.25, 0.3) is 0 Å². The molecule has 1 amide bonds. The number of hydrogen-bond donors (Lipinski definition) is 1. The number of amides is 1. The molecule has 0 aliphatic carbocycles. The Labute approximate surface area is 141 Å². The predicted octanol–water partition coefficient (Wildman–Crippen LogP) is 2.64. The number of carbonyl (C=O) groups is 1. The molecule has 0 radical (unpaired) electrons. The first-order valence-electron chi connectivity index (χ1n) is 8.00. The molecule has 0 fully saturated rings. The van der Waals surface area contributed by atoms with Gasteiger partial charge in [0.2, 0.25) is 6.10 Å². The maximum absolute atomic E-state index is 12.2. The lowest BCUT2D eigenvalue weighted by Crippen LogP contribution is -2.45. The molecule has 0 spiro atoms. The summed E-state index contributed by atoms with van der Waals surface area (Å²) in [5, 5.41) is 2.82. The number of aryl methyl sites for hydroxylation is 2. The predicted molar refractivity (Wildman–Crippen MR) is 90.8 cm³/mol. The average Bonchev–Trinajstić information content (AvgIpc) is 2.61. The molecule has 2 aromatic rings. The minimum absolute atomic E-state index is 0.200. The monoisotopic (exact) mass is 327 g/mol.